The Balaban J connectivity index is 1.56. The van der Waals surface area contributed by atoms with Crippen LogP contribution in [0, 0.1) is 6.92 Å². The predicted octanol–water partition coefficient (Wildman–Crippen LogP) is 5.95. The maximum Gasteiger partial charge on any atom is 0.213 e. The number of rotatable bonds is 3. The SMILES string of the molecule is Cc1ccc(C2=NN3[C@@H](C2)c2ccccc2O[C@H]3c2ccc(C(C)C)cc2)o1. The second kappa shape index (κ2) is 6.55. The molecule has 0 spiro atoms. The smallest absolute Gasteiger partial charge is 0.213 e. The second-order valence-corrected chi connectivity index (χ2v) is 7.89. The number of furan rings is 1. The quantitative estimate of drug-likeness (QED) is 0.570. The zero-order valence-electron chi connectivity index (χ0n) is 16.4. The van der Waals surface area contributed by atoms with Gasteiger partial charge >= 0.3 is 0 Å². The minimum atomic E-state index is -0.241. The average molecular weight is 372 g/mol. The first-order valence-electron chi connectivity index (χ1n) is 9.88. The number of fused-ring (bicyclic) bond motifs is 3. The Labute approximate surface area is 165 Å². The molecule has 2 aliphatic rings. The molecule has 4 nitrogen and oxygen atoms in total. The lowest BCUT2D eigenvalue weighted by atomic mass is 9.96. The molecule has 0 saturated carbocycles. The van der Waals surface area contributed by atoms with Crippen LogP contribution < -0.4 is 4.74 Å². The molecule has 0 aliphatic carbocycles. The van der Waals surface area contributed by atoms with Gasteiger partial charge in [-0.05, 0) is 36.6 Å². The minimum absolute atomic E-state index is 0.153. The summed E-state index contributed by atoms with van der Waals surface area (Å²) in [6.45, 7) is 6.38. The van der Waals surface area contributed by atoms with E-state index in [2.05, 4.69) is 61.3 Å². The van der Waals surface area contributed by atoms with Gasteiger partial charge in [-0.25, -0.2) is 5.01 Å². The summed E-state index contributed by atoms with van der Waals surface area (Å²) in [5, 5.41) is 7.04. The largest absolute Gasteiger partial charge is 0.464 e. The van der Waals surface area contributed by atoms with E-state index >= 15 is 0 Å². The fourth-order valence-corrected chi connectivity index (χ4v) is 4.04. The monoisotopic (exact) mass is 372 g/mol. The molecule has 0 N–H and O–H groups in total. The molecule has 2 atom stereocenters. The van der Waals surface area contributed by atoms with Gasteiger partial charge in [0.2, 0.25) is 6.23 Å². The van der Waals surface area contributed by atoms with Crippen LogP contribution in [0.25, 0.3) is 0 Å². The van der Waals surface area contributed by atoms with Crippen molar-refractivity contribution in [2.75, 3.05) is 0 Å². The predicted molar refractivity (Wildman–Crippen MR) is 110 cm³/mol. The highest BCUT2D eigenvalue weighted by molar-refractivity contribution is 5.99. The lowest BCUT2D eigenvalue weighted by Gasteiger charge is -2.38. The van der Waals surface area contributed by atoms with Crippen molar-refractivity contribution in [1.29, 1.82) is 0 Å². The van der Waals surface area contributed by atoms with Crippen LogP contribution >= 0.6 is 0 Å². The lowest BCUT2D eigenvalue weighted by molar-refractivity contribution is -0.0190. The first-order valence-corrected chi connectivity index (χ1v) is 9.88. The summed E-state index contributed by atoms with van der Waals surface area (Å²) >= 11 is 0. The Hall–Kier alpha value is -3.01. The van der Waals surface area contributed by atoms with E-state index in [0.29, 0.717) is 5.92 Å². The summed E-state index contributed by atoms with van der Waals surface area (Å²) in [5.74, 6) is 3.19. The molecule has 142 valence electrons. The average Bonchev–Trinajstić information content (AvgIpc) is 3.34. The fraction of sp³-hybridized carbons (Fsp3) is 0.292. The standard InChI is InChI=1S/C24H24N2O2/c1-15(2)17-9-11-18(12-10-17)24-26-21(19-6-4-5-7-22(19)28-24)14-20(25-26)23-13-8-16(3)27-23/h4-13,15,21,24H,14H2,1-3H3/t21-,24-/m0/s1. The molecule has 1 aromatic heterocycles. The maximum absolute atomic E-state index is 6.41. The van der Waals surface area contributed by atoms with Crippen LogP contribution in [0.5, 0.6) is 5.75 Å². The van der Waals surface area contributed by atoms with Crippen molar-refractivity contribution in [3.8, 4) is 5.75 Å². The number of ether oxygens (including phenoxy) is 1. The van der Waals surface area contributed by atoms with Gasteiger partial charge in [-0.3, -0.25) is 0 Å². The van der Waals surface area contributed by atoms with Gasteiger partial charge in [-0.1, -0.05) is 56.3 Å². The molecule has 4 heteroatoms. The molecular weight excluding hydrogens is 348 g/mol. The van der Waals surface area contributed by atoms with E-state index in [-0.39, 0.29) is 12.3 Å². The van der Waals surface area contributed by atoms with Crippen LogP contribution in [0.3, 0.4) is 0 Å². The molecular formula is C24H24N2O2. The van der Waals surface area contributed by atoms with Crippen molar-refractivity contribution in [3.05, 3.63) is 88.9 Å². The highest BCUT2D eigenvalue weighted by Gasteiger charge is 2.41. The van der Waals surface area contributed by atoms with Crippen molar-refractivity contribution in [2.45, 2.75) is 45.4 Å². The van der Waals surface area contributed by atoms with Crippen LogP contribution in [0.2, 0.25) is 0 Å². The maximum atomic E-state index is 6.41. The molecule has 0 saturated heterocycles. The van der Waals surface area contributed by atoms with Crippen molar-refractivity contribution >= 4 is 5.71 Å². The van der Waals surface area contributed by atoms with E-state index in [1.807, 2.05) is 25.1 Å². The van der Waals surface area contributed by atoms with E-state index < -0.39 is 0 Å². The molecule has 0 fully saturated rings. The van der Waals surface area contributed by atoms with Gasteiger partial charge in [0.15, 0.2) is 0 Å². The van der Waals surface area contributed by atoms with Crippen LogP contribution in [0.4, 0.5) is 0 Å². The molecule has 28 heavy (non-hydrogen) atoms. The Bertz CT molecular complexity index is 1030. The number of nitrogens with zero attached hydrogens (tertiary/aromatic N) is 2. The van der Waals surface area contributed by atoms with E-state index in [9.17, 15) is 0 Å². The molecule has 0 radical (unpaired) electrons. The second-order valence-electron chi connectivity index (χ2n) is 7.89. The van der Waals surface area contributed by atoms with Crippen LogP contribution in [0.15, 0.2) is 70.2 Å². The summed E-state index contributed by atoms with van der Waals surface area (Å²) in [5.41, 5.74) is 4.60. The lowest BCUT2D eigenvalue weighted by Crippen LogP contribution is -2.33. The van der Waals surface area contributed by atoms with Gasteiger partial charge < -0.3 is 9.15 Å². The molecule has 5 rings (SSSR count). The summed E-state index contributed by atoms with van der Waals surface area (Å²) < 4.78 is 12.3. The van der Waals surface area contributed by atoms with Gasteiger partial charge in [0.1, 0.15) is 23.0 Å². The van der Waals surface area contributed by atoms with Crippen molar-refractivity contribution in [2.24, 2.45) is 5.10 Å². The number of aryl methyl sites for hydroxylation is 1. The topological polar surface area (TPSA) is 38.0 Å². The molecule has 3 aromatic rings. The third kappa shape index (κ3) is 2.80. The van der Waals surface area contributed by atoms with Crippen LogP contribution in [-0.2, 0) is 0 Å². The highest BCUT2D eigenvalue weighted by Crippen LogP contribution is 2.47. The van der Waals surface area contributed by atoms with Crippen LogP contribution in [-0.4, -0.2) is 10.7 Å². The molecule has 0 unspecified atom stereocenters. The molecule has 3 heterocycles. The summed E-state index contributed by atoms with van der Waals surface area (Å²) in [6.07, 6.45) is 0.572. The van der Waals surface area contributed by atoms with E-state index in [0.717, 1.165) is 35.0 Å². The van der Waals surface area contributed by atoms with Crippen molar-refractivity contribution in [3.63, 3.8) is 0 Å². The zero-order valence-corrected chi connectivity index (χ0v) is 16.4. The number of benzene rings is 2. The number of para-hydroxylation sites is 1. The molecule has 2 aliphatic heterocycles. The summed E-state index contributed by atoms with van der Waals surface area (Å²) in [4.78, 5) is 0. The van der Waals surface area contributed by atoms with Gasteiger partial charge in [-0.15, -0.1) is 0 Å². The number of hydrogen-bond acceptors (Lipinski definition) is 4. The highest BCUT2D eigenvalue weighted by atomic mass is 16.5. The van der Waals surface area contributed by atoms with Gasteiger partial charge in [-0.2, -0.15) is 5.10 Å². The van der Waals surface area contributed by atoms with Crippen molar-refractivity contribution in [1.82, 2.24) is 5.01 Å². The number of hydrogen-bond donors (Lipinski definition) is 0. The Kier molecular flexibility index (Phi) is 4.00. The van der Waals surface area contributed by atoms with Crippen molar-refractivity contribution < 1.29 is 9.15 Å². The Morgan fingerprint density at radius 1 is 1.00 bits per heavy atom. The van der Waals surface area contributed by atoms with Crippen LogP contribution in [0.1, 0.15) is 66.7 Å². The molecule has 0 amide bonds. The Morgan fingerprint density at radius 3 is 2.50 bits per heavy atom. The van der Waals surface area contributed by atoms with E-state index in [4.69, 9.17) is 14.3 Å². The Morgan fingerprint density at radius 2 is 1.79 bits per heavy atom. The number of hydrazone groups is 1. The molecule has 0 bridgehead atoms. The van der Waals surface area contributed by atoms with Gasteiger partial charge in [0.25, 0.3) is 0 Å². The fourth-order valence-electron chi connectivity index (χ4n) is 4.04. The van der Waals surface area contributed by atoms with E-state index in [1.54, 1.807) is 0 Å². The van der Waals surface area contributed by atoms with E-state index in [1.165, 1.54) is 11.1 Å². The van der Waals surface area contributed by atoms with Gasteiger partial charge in [0, 0.05) is 17.5 Å². The third-order valence-electron chi connectivity index (χ3n) is 5.61. The summed E-state index contributed by atoms with van der Waals surface area (Å²) in [6, 6.07) is 21.1. The zero-order chi connectivity index (χ0) is 19.3. The normalized spacial score (nSPS) is 20.6. The third-order valence-corrected chi connectivity index (χ3v) is 5.61. The molecule has 2 aromatic carbocycles. The summed E-state index contributed by atoms with van der Waals surface area (Å²) in [7, 11) is 0. The minimum Gasteiger partial charge on any atom is -0.464 e. The first kappa shape index (κ1) is 17.1. The van der Waals surface area contributed by atoms with Gasteiger partial charge in [0.05, 0.1) is 6.04 Å². The first-order chi connectivity index (χ1) is 13.6.